The lowest BCUT2D eigenvalue weighted by Crippen LogP contribution is -2.28. The molecule has 18 heavy (non-hydrogen) atoms. The molecule has 0 radical (unpaired) electrons. The maximum atomic E-state index is 3.50. The third-order valence-electron chi connectivity index (χ3n) is 3.12. The summed E-state index contributed by atoms with van der Waals surface area (Å²) in [5.74, 6) is 0.740. The lowest BCUT2D eigenvalue weighted by molar-refractivity contribution is 0.541. The van der Waals surface area contributed by atoms with Crippen LogP contribution in [0.25, 0.3) is 0 Å². The number of aryl methyl sites for hydroxylation is 1. The van der Waals surface area contributed by atoms with Crippen LogP contribution in [-0.2, 0) is 0 Å². The van der Waals surface area contributed by atoms with Crippen molar-refractivity contribution in [2.24, 2.45) is 5.92 Å². The summed E-state index contributed by atoms with van der Waals surface area (Å²) >= 11 is 0. The van der Waals surface area contributed by atoms with Crippen LogP contribution < -0.4 is 10.2 Å². The number of anilines is 1. The molecule has 1 aromatic rings. The maximum absolute atomic E-state index is 3.50. The average Bonchev–Trinajstić information content (AvgIpc) is 2.35. The summed E-state index contributed by atoms with van der Waals surface area (Å²) in [5, 5.41) is 3.50. The normalized spacial score (nSPS) is 10.9. The van der Waals surface area contributed by atoms with Crippen LogP contribution in [0.4, 0.5) is 5.69 Å². The van der Waals surface area contributed by atoms with Crippen molar-refractivity contribution in [1.29, 1.82) is 0 Å². The highest BCUT2D eigenvalue weighted by Crippen LogP contribution is 2.14. The summed E-state index contributed by atoms with van der Waals surface area (Å²) in [5.41, 5.74) is 2.67. The summed E-state index contributed by atoms with van der Waals surface area (Å²) in [6.45, 7) is 13.3. The molecule has 0 heterocycles. The first-order chi connectivity index (χ1) is 8.63. The van der Waals surface area contributed by atoms with E-state index in [2.05, 4.69) is 62.2 Å². The van der Waals surface area contributed by atoms with Gasteiger partial charge in [-0.05, 0) is 51.4 Å². The number of hydrogen-bond donors (Lipinski definition) is 1. The van der Waals surface area contributed by atoms with Crippen molar-refractivity contribution in [3.63, 3.8) is 0 Å². The zero-order valence-electron chi connectivity index (χ0n) is 12.4. The second kappa shape index (κ2) is 8.15. The molecule has 0 aromatic heterocycles. The van der Waals surface area contributed by atoms with Crippen LogP contribution in [0.1, 0.15) is 32.8 Å². The van der Waals surface area contributed by atoms with E-state index in [1.165, 1.54) is 17.7 Å². The number of hydrogen-bond acceptors (Lipinski definition) is 2. The third-order valence-corrected chi connectivity index (χ3v) is 3.12. The molecule has 0 spiro atoms. The maximum Gasteiger partial charge on any atom is 0.0366 e. The molecule has 2 nitrogen and oxygen atoms in total. The summed E-state index contributed by atoms with van der Waals surface area (Å²) in [4.78, 5) is 2.44. The minimum Gasteiger partial charge on any atom is -0.372 e. The topological polar surface area (TPSA) is 15.3 Å². The van der Waals surface area contributed by atoms with Gasteiger partial charge in [-0.2, -0.15) is 0 Å². The van der Waals surface area contributed by atoms with E-state index in [0.717, 1.165) is 32.1 Å². The molecule has 0 bridgehead atoms. The van der Waals surface area contributed by atoms with E-state index in [1.54, 1.807) is 0 Å². The Balaban J connectivity index is 2.31. The van der Waals surface area contributed by atoms with Gasteiger partial charge in [-0.15, -0.1) is 0 Å². The largest absolute Gasteiger partial charge is 0.372 e. The molecule has 1 aromatic carbocycles. The molecule has 0 saturated carbocycles. The Morgan fingerprint density at radius 3 is 2.39 bits per heavy atom. The summed E-state index contributed by atoms with van der Waals surface area (Å²) in [7, 11) is 0. The van der Waals surface area contributed by atoms with Crippen molar-refractivity contribution in [2.45, 2.75) is 34.1 Å². The molecule has 0 aliphatic rings. The quantitative estimate of drug-likeness (QED) is 0.709. The molecule has 0 unspecified atom stereocenters. The van der Waals surface area contributed by atoms with Crippen LogP contribution in [-0.4, -0.2) is 26.2 Å². The zero-order valence-corrected chi connectivity index (χ0v) is 12.4. The van der Waals surface area contributed by atoms with Crippen LogP contribution in [0, 0.1) is 12.8 Å². The fourth-order valence-electron chi connectivity index (χ4n) is 2.01. The van der Waals surface area contributed by atoms with Crippen LogP contribution in [0.3, 0.4) is 0 Å². The van der Waals surface area contributed by atoms with Crippen molar-refractivity contribution < 1.29 is 0 Å². The van der Waals surface area contributed by atoms with E-state index < -0.39 is 0 Å². The predicted octanol–water partition coefficient (Wildman–Crippen LogP) is 3.46. The van der Waals surface area contributed by atoms with Crippen molar-refractivity contribution >= 4 is 5.69 Å². The van der Waals surface area contributed by atoms with Gasteiger partial charge in [0.25, 0.3) is 0 Å². The van der Waals surface area contributed by atoms with E-state index in [-0.39, 0.29) is 0 Å². The van der Waals surface area contributed by atoms with Gasteiger partial charge in [-0.1, -0.05) is 31.5 Å². The smallest absolute Gasteiger partial charge is 0.0366 e. The first-order valence-corrected chi connectivity index (χ1v) is 7.15. The monoisotopic (exact) mass is 248 g/mol. The second-order valence-corrected chi connectivity index (χ2v) is 5.37. The number of rotatable bonds is 8. The molecule has 0 fully saturated rings. The van der Waals surface area contributed by atoms with Gasteiger partial charge in [0.1, 0.15) is 0 Å². The highest BCUT2D eigenvalue weighted by Gasteiger charge is 2.03. The SMILES string of the molecule is CCN(CCCNCC(C)C)c1ccc(C)cc1. The van der Waals surface area contributed by atoms with Crippen LogP contribution in [0.5, 0.6) is 0 Å². The van der Waals surface area contributed by atoms with E-state index in [0.29, 0.717) is 0 Å². The van der Waals surface area contributed by atoms with Crippen molar-refractivity contribution in [2.75, 3.05) is 31.1 Å². The molecule has 102 valence electrons. The Labute approximate surface area is 112 Å². The molecule has 0 atom stereocenters. The molecule has 0 aliphatic heterocycles. The third kappa shape index (κ3) is 5.54. The van der Waals surface area contributed by atoms with Crippen molar-refractivity contribution in [1.82, 2.24) is 5.32 Å². The molecule has 0 amide bonds. The van der Waals surface area contributed by atoms with Crippen molar-refractivity contribution in [3.05, 3.63) is 29.8 Å². The van der Waals surface area contributed by atoms with Crippen LogP contribution in [0.2, 0.25) is 0 Å². The Morgan fingerprint density at radius 2 is 1.83 bits per heavy atom. The van der Waals surface area contributed by atoms with Crippen LogP contribution >= 0.6 is 0 Å². The molecular weight excluding hydrogens is 220 g/mol. The molecule has 2 heteroatoms. The summed E-state index contributed by atoms with van der Waals surface area (Å²) in [6, 6.07) is 8.82. The van der Waals surface area contributed by atoms with E-state index in [9.17, 15) is 0 Å². The molecule has 0 saturated heterocycles. The molecular formula is C16H28N2. The fourth-order valence-corrected chi connectivity index (χ4v) is 2.01. The van der Waals surface area contributed by atoms with Gasteiger partial charge in [0, 0.05) is 18.8 Å². The van der Waals surface area contributed by atoms with Gasteiger partial charge in [0.05, 0.1) is 0 Å². The Kier molecular flexibility index (Phi) is 6.81. The summed E-state index contributed by atoms with van der Waals surface area (Å²) < 4.78 is 0. The average molecular weight is 248 g/mol. The Morgan fingerprint density at radius 1 is 1.17 bits per heavy atom. The van der Waals surface area contributed by atoms with Gasteiger partial charge in [0.15, 0.2) is 0 Å². The Hall–Kier alpha value is -1.02. The first kappa shape index (κ1) is 15.0. The minimum atomic E-state index is 0.740. The fraction of sp³-hybridized carbons (Fsp3) is 0.625. The number of nitrogens with zero attached hydrogens (tertiary/aromatic N) is 1. The van der Waals surface area contributed by atoms with E-state index in [1.807, 2.05) is 0 Å². The zero-order chi connectivity index (χ0) is 13.4. The molecule has 1 N–H and O–H groups in total. The van der Waals surface area contributed by atoms with Crippen LogP contribution in [0.15, 0.2) is 24.3 Å². The van der Waals surface area contributed by atoms with Gasteiger partial charge >= 0.3 is 0 Å². The molecule has 1 rings (SSSR count). The molecule has 0 aliphatic carbocycles. The minimum absolute atomic E-state index is 0.740. The van der Waals surface area contributed by atoms with E-state index in [4.69, 9.17) is 0 Å². The highest BCUT2D eigenvalue weighted by molar-refractivity contribution is 5.47. The Bertz CT molecular complexity index is 316. The lowest BCUT2D eigenvalue weighted by atomic mass is 10.2. The first-order valence-electron chi connectivity index (χ1n) is 7.15. The predicted molar refractivity (Wildman–Crippen MR) is 81.4 cm³/mol. The highest BCUT2D eigenvalue weighted by atomic mass is 15.1. The standard InChI is InChI=1S/C16H28N2/c1-5-18(12-6-11-17-13-14(2)3)16-9-7-15(4)8-10-16/h7-10,14,17H,5-6,11-13H2,1-4H3. The van der Waals surface area contributed by atoms with Crippen molar-refractivity contribution in [3.8, 4) is 0 Å². The van der Waals surface area contributed by atoms with Gasteiger partial charge in [-0.3, -0.25) is 0 Å². The summed E-state index contributed by atoms with van der Waals surface area (Å²) in [6.07, 6.45) is 1.20. The second-order valence-electron chi connectivity index (χ2n) is 5.37. The number of nitrogens with one attached hydrogen (secondary N) is 1. The van der Waals surface area contributed by atoms with E-state index >= 15 is 0 Å². The van der Waals surface area contributed by atoms with Gasteiger partial charge in [-0.25, -0.2) is 0 Å². The lowest BCUT2D eigenvalue weighted by Gasteiger charge is -2.23. The van der Waals surface area contributed by atoms with Gasteiger partial charge in [0.2, 0.25) is 0 Å². The van der Waals surface area contributed by atoms with Gasteiger partial charge < -0.3 is 10.2 Å². The number of benzene rings is 1.